The number of aromatic amines is 1. The number of hydrogen-bond acceptors (Lipinski definition) is 1. The molecule has 0 saturated heterocycles. The lowest BCUT2D eigenvalue weighted by Gasteiger charge is -2.08. The van der Waals surface area contributed by atoms with E-state index in [1.807, 2.05) is 18.2 Å². The van der Waals surface area contributed by atoms with Crippen molar-refractivity contribution in [1.29, 1.82) is 0 Å². The Morgan fingerprint density at radius 3 is 2.50 bits per heavy atom. The van der Waals surface area contributed by atoms with Crippen LogP contribution in [0.3, 0.4) is 0 Å². The van der Waals surface area contributed by atoms with Gasteiger partial charge in [0, 0.05) is 16.6 Å². The second-order valence-corrected chi connectivity index (χ2v) is 7.17. The number of benzene rings is 2. The fourth-order valence-corrected chi connectivity index (χ4v) is 3.69. The van der Waals surface area contributed by atoms with Crippen LogP contribution in [0.2, 0.25) is 10.0 Å². The Labute approximate surface area is 153 Å². The van der Waals surface area contributed by atoms with Gasteiger partial charge >= 0.3 is 0 Å². The number of aromatic nitrogens is 1. The third kappa shape index (κ3) is 3.32. The summed E-state index contributed by atoms with van der Waals surface area (Å²) in [5, 5.41) is 2.47. The molecule has 2 nitrogen and oxygen atoms in total. The summed E-state index contributed by atoms with van der Waals surface area (Å²) in [4.78, 5) is 3.60. The van der Waals surface area contributed by atoms with E-state index in [4.69, 9.17) is 28.9 Å². The van der Waals surface area contributed by atoms with Gasteiger partial charge in [-0.05, 0) is 80.1 Å². The van der Waals surface area contributed by atoms with Crippen LogP contribution >= 0.6 is 23.2 Å². The Morgan fingerprint density at radius 1 is 1.00 bits per heavy atom. The highest BCUT2D eigenvalue weighted by Gasteiger charge is 2.16. The maximum Gasteiger partial charge on any atom is 0.0599 e. The van der Waals surface area contributed by atoms with E-state index in [0.717, 1.165) is 37.1 Å². The van der Waals surface area contributed by atoms with Crippen LogP contribution in [0.15, 0.2) is 30.3 Å². The number of unbranched alkanes of at least 4 members (excludes halogenated alkanes) is 1. The van der Waals surface area contributed by atoms with Gasteiger partial charge in [0.05, 0.1) is 10.0 Å². The molecule has 0 aliphatic heterocycles. The first-order valence-corrected chi connectivity index (χ1v) is 9.04. The lowest BCUT2D eigenvalue weighted by molar-refractivity contribution is 0.748. The Morgan fingerprint density at radius 2 is 1.79 bits per heavy atom. The highest BCUT2D eigenvalue weighted by molar-refractivity contribution is 6.42. The van der Waals surface area contributed by atoms with Crippen molar-refractivity contribution in [1.82, 2.24) is 4.98 Å². The quantitative estimate of drug-likeness (QED) is 0.535. The summed E-state index contributed by atoms with van der Waals surface area (Å²) in [6, 6.07) is 10.3. The molecule has 1 aromatic heterocycles. The molecule has 2 aromatic carbocycles. The van der Waals surface area contributed by atoms with E-state index in [1.165, 1.54) is 27.6 Å². The Hall–Kier alpha value is -1.48. The van der Waals surface area contributed by atoms with Crippen molar-refractivity contribution < 1.29 is 0 Å². The van der Waals surface area contributed by atoms with E-state index in [1.54, 1.807) is 0 Å². The van der Waals surface area contributed by atoms with Gasteiger partial charge in [0.15, 0.2) is 0 Å². The molecule has 0 aliphatic carbocycles. The van der Waals surface area contributed by atoms with Crippen LogP contribution < -0.4 is 5.73 Å². The predicted octanol–water partition coefficient (Wildman–Crippen LogP) is 6.04. The van der Waals surface area contributed by atoms with E-state index in [2.05, 4.69) is 31.0 Å². The van der Waals surface area contributed by atoms with Crippen LogP contribution in [0.4, 0.5) is 0 Å². The zero-order valence-corrected chi connectivity index (χ0v) is 15.6. The fourth-order valence-electron chi connectivity index (χ4n) is 3.40. The molecule has 0 amide bonds. The first kappa shape index (κ1) is 17.3. The van der Waals surface area contributed by atoms with Crippen LogP contribution in [0.1, 0.15) is 29.5 Å². The van der Waals surface area contributed by atoms with Gasteiger partial charge in [0.2, 0.25) is 0 Å². The summed E-state index contributed by atoms with van der Waals surface area (Å²) in [7, 11) is 0. The van der Waals surface area contributed by atoms with Crippen LogP contribution in [0.25, 0.3) is 22.2 Å². The van der Waals surface area contributed by atoms with Crippen LogP contribution in [0.5, 0.6) is 0 Å². The number of hydrogen-bond donors (Lipinski definition) is 2. The largest absolute Gasteiger partial charge is 0.354 e. The van der Waals surface area contributed by atoms with Gasteiger partial charge < -0.3 is 10.7 Å². The lowest BCUT2D eigenvalue weighted by Crippen LogP contribution is -1.99. The normalized spacial score (nSPS) is 11.4. The molecule has 0 aliphatic rings. The van der Waals surface area contributed by atoms with Gasteiger partial charge in [-0.25, -0.2) is 0 Å². The Balaban J connectivity index is 2.19. The van der Waals surface area contributed by atoms with E-state index in [9.17, 15) is 0 Å². The smallest absolute Gasteiger partial charge is 0.0599 e. The van der Waals surface area contributed by atoms with Crippen molar-refractivity contribution in [2.24, 2.45) is 5.73 Å². The molecular formula is C20H22Cl2N2. The molecule has 3 N–H and O–H groups in total. The van der Waals surface area contributed by atoms with Crippen LogP contribution in [-0.4, -0.2) is 11.5 Å². The number of aryl methyl sites for hydroxylation is 3. The highest BCUT2D eigenvalue weighted by Crippen LogP contribution is 2.36. The molecule has 0 radical (unpaired) electrons. The zero-order chi connectivity index (χ0) is 17.3. The van der Waals surface area contributed by atoms with Gasteiger partial charge in [-0.15, -0.1) is 0 Å². The second kappa shape index (κ2) is 7.18. The minimum Gasteiger partial charge on any atom is -0.354 e. The maximum absolute atomic E-state index is 6.24. The first-order valence-electron chi connectivity index (χ1n) is 8.28. The second-order valence-electron chi connectivity index (χ2n) is 6.36. The molecule has 3 rings (SSSR count). The fraction of sp³-hybridized carbons (Fsp3) is 0.300. The Kier molecular flexibility index (Phi) is 5.19. The molecule has 0 atom stereocenters. The van der Waals surface area contributed by atoms with Gasteiger partial charge in [0.25, 0.3) is 0 Å². The topological polar surface area (TPSA) is 41.8 Å². The van der Waals surface area contributed by atoms with Crippen molar-refractivity contribution in [2.75, 3.05) is 6.54 Å². The van der Waals surface area contributed by atoms with E-state index in [-0.39, 0.29) is 0 Å². The summed E-state index contributed by atoms with van der Waals surface area (Å²) in [6.07, 6.45) is 3.10. The third-order valence-corrected chi connectivity index (χ3v) is 5.17. The van der Waals surface area contributed by atoms with Crippen molar-refractivity contribution >= 4 is 34.1 Å². The molecule has 0 unspecified atom stereocenters. The van der Waals surface area contributed by atoms with Crippen molar-refractivity contribution in [3.8, 4) is 11.3 Å². The van der Waals surface area contributed by atoms with E-state index < -0.39 is 0 Å². The van der Waals surface area contributed by atoms with Crippen LogP contribution in [-0.2, 0) is 6.42 Å². The molecular weight excluding hydrogens is 339 g/mol. The van der Waals surface area contributed by atoms with Gasteiger partial charge in [-0.3, -0.25) is 0 Å². The average Bonchev–Trinajstić information content (AvgIpc) is 2.89. The van der Waals surface area contributed by atoms with Crippen molar-refractivity contribution in [3.63, 3.8) is 0 Å². The molecule has 126 valence electrons. The minimum atomic E-state index is 0.577. The number of rotatable bonds is 5. The molecule has 4 heteroatoms. The minimum absolute atomic E-state index is 0.577. The predicted molar refractivity (Wildman–Crippen MR) is 105 cm³/mol. The van der Waals surface area contributed by atoms with Crippen molar-refractivity contribution in [3.05, 3.63) is 57.1 Å². The zero-order valence-electron chi connectivity index (χ0n) is 14.0. The summed E-state index contributed by atoms with van der Waals surface area (Å²) in [6.45, 7) is 5.02. The van der Waals surface area contributed by atoms with E-state index >= 15 is 0 Å². The SMILES string of the molecule is Cc1cc(C)c2c(CCCCN)c(-c3ccc(Cl)c(Cl)c3)[nH]c2c1. The number of nitrogens with two attached hydrogens (primary N) is 1. The molecule has 0 fully saturated rings. The molecule has 0 bridgehead atoms. The average molecular weight is 361 g/mol. The lowest BCUT2D eigenvalue weighted by atomic mass is 9.97. The summed E-state index contributed by atoms with van der Waals surface area (Å²) in [5.41, 5.74) is 13.0. The number of halogens is 2. The van der Waals surface area contributed by atoms with Gasteiger partial charge in [-0.2, -0.15) is 0 Å². The molecule has 1 heterocycles. The number of nitrogens with one attached hydrogen (secondary N) is 1. The summed E-state index contributed by atoms with van der Waals surface area (Å²) in [5.74, 6) is 0. The van der Waals surface area contributed by atoms with Crippen LogP contribution in [0, 0.1) is 13.8 Å². The molecule has 3 aromatic rings. The van der Waals surface area contributed by atoms with Crippen molar-refractivity contribution in [2.45, 2.75) is 33.1 Å². The standard InChI is InChI=1S/C20H22Cl2N2/c1-12-9-13(2)19-15(5-3-4-8-23)20(24-18(19)10-12)14-6-7-16(21)17(22)11-14/h6-7,9-11,24H,3-5,8,23H2,1-2H3. The third-order valence-electron chi connectivity index (χ3n) is 4.43. The number of fused-ring (bicyclic) bond motifs is 1. The summed E-state index contributed by atoms with van der Waals surface area (Å²) < 4.78 is 0. The number of H-pyrrole nitrogens is 1. The molecule has 0 saturated carbocycles. The molecule has 24 heavy (non-hydrogen) atoms. The van der Waals surface area contributed by atoms with Gasteiger partial charge in [-0.1, -0.05) is 35.3 Å². The van der Waals surface area contributed by atoms with E-state index in [0.29, 0.717) is 10.0 Å². The Bertz CT molecular complexity index is 881. The highest BCUT2D eigenvalue weighted by atomic mass is 35.5. The van der Waals surface area contributed by atoms with Gasteiger partial charge in [0.1, 0.15) is 0 Å². The molecule has 0 spiro atoms. The maximum atomic E-state index is 6.24. The first-order chi connectivity index (χ1) is 11.5. The monoisotopic (exact) mass is 360 g/mol. The summed E-state index contributed by atoms with van der Waals surface area (Å²) >= 11 is 12.3.